The van der Waals surface area contributed by atoms with Gasteiger partial charge in [-0.3, -0.25) is 0 Å². The molecule has 2 heterocycles. The van der Waals surface area contributed by atoms with Crippen LogP contribution in [0.15, 0.2) is 30.5 Å². The molecule has 0 saturated carbocycles. The Labute approximate surface area is 139 Å². The molecule has 1 fully saturated rings. The van der Waals surface area contributed by atoms with Crippen molar-refractivity contribution in [2.75, 3.05) is 38.5 Å². The summed E-state index contributed by atoms with van der Waals surface area (Å²) < 4.78 is 2.28. The summed E-state index contributed by atoms with van der Waals surface area (Å²) >= 11 is 0. The number of nitrogens with one attached hydrogen (secondary N) is 1. The molecule has 0 spiro atoms. The molecule has 0 radical (unpaired) electrons. The van der Waals surface area contributed by atoms with Crippen LogP contribution >= 0.6 is 0 Å². The average molecular weight is 314 g/mol. The summed E-state index contributed by atoms with van der Waals surface area (Å²) in [6, 6.07) is 8.25. The third-order valence-corrected chi connectivity index (χ3v) is 4.90. The van der Waals surface area contributed by atoms with Gasteiger partial charge in [-0.1, -0.05) is 12.5 Å². The maximum atomic E-state index is 6.01. The Balaban J connectivity index is 1.31. The summed E-state index contributed by atoms with van der Waals surface area (Å²) in [4.78, 5) is 2.62. The third-order valence-electron chi connectivity index (χ3n) is 4.90. The van der Waals surface area contributed by atoms with E-state index in [0.29, 0.717) is 0 Å². The van der Waals surface area contributed by atoms with E-state index in [2.05, 4.69) is 33.1 Å². The van der Waals surface area contributed by atoms with Crippen molar-refractivity contribution >= 4 is 16.6 Å². The van der Waals surface area contributed by atoms with Crippen LogP contribution in [0.3, 0.4) is 0 Å². The maximum Gasteiger partial charge on any atom is 0.0501 e. The second-order valence-corrected chi connectivity index (χ2v) is 6.65. The van der Waals surface area contributed by atoms with Crippen LogP contribution in [0, 0.1) is 0 Å². The fourth-order valence-corrected chi connectivity index (χ4v) is 3.54. The maximum absolute atomic E-state index is 6.01. The van der Waals surface area contributed by atoms with Crippen molar-refractivity contribution in [3.05, 3.63) is 30.5 Å². The first-order chi connectivity index (χ1) is 11.3. The highest BCUT2D eigenvalue weighted by atomic mass is 15.1. The van der Waals surface area contributed by atoms with E-state index in [4.69, 9.17) is 5.73 Å². The van der Waals surface area contributed by atoms with E-state index < -0.39 is 0 Å². The lowest BCUT2D eigenvalue weighted by Crippen LogP contribution is -2.31. The number of piperidine rings is 1. The summed E-state index contributed by atoms with van der Waals surface area (Å²) in [6.45, 7) is 7.05. The third kappa shape index (κ3) is 4.49. The average Bonchev–Trinajstić information content (AvgIpc) is 3.00. The Morgan fingerprint density at radius 2 is 1.83 bits per heavy atom. The number of likely N-dealkylation sites (tertiary alicyclic amines) is 1. The quantitative estimate of drug-likeness (QED) is 0.581. The Morgan fingerprint density at radius 1 is 0.957 bits per heavy atom. The van der Waals surface area contributed by atoms with Crippen LogP contribution in [0.1, 0.15) is 32.1 Å². The molecule has 0 amide bonds. The molecule has 0 bridgehead atoms. The lowest BCUT2D eigenvalue weighted by molar-refractivity contribution is 0.224. The standard InChI is InChI=1S/C19H30N4/c20-18-7-6-8-19-17(18)9-15-23(19)16-11-21-10-2-5-14-22-12-3-1-4-13-22/h6-9,15,21H,1-5,10-14,16,20H2. The molecule has 3 N–H and O–H groups in total. The molecule has 1 aliphatic rings. The number of nitrogens with two attached hydrogens (primary N) is 1. The Kier molecular flexibility index (Phi) is 5.94. The number of benzene rings is 1. The van der Waals surface area contributed by atoms with Crippen molar-refractivity contribution < 1.29 is 0 Å². The highest BCUT2D eigenvalue weighted by molar-refractivity contribution is 5.91. The number of hydrogen-bond donors (Lipinski definition) is 2. The minimum atomic E-state index is 0.868. The number of unbranched alkanes of at least 4 members (excludes halogenated alkanes) is 1. The van der Waals surface area contributed by atoms with Crippen molar-refractivity contribution in [3.8, 4) is 0 Å². The van der Waals surface area contributed by atoms with Gasteiger partial charge < -0.3 is 20.5 Å². The number of nitrogens with zero attached hydrogens (tertiary/aromatic N) is 2. The number of hydrogen-bond acceptors (Lipinski definition) is 3. The van der Waals surface area contributed by atoms with Crippen LogP contribution in [0.4, 0.5) is 5.69 Å². The van der Waals surface area contributed by atoms with Gasteiger partial charge in [-0.15, -0.1) is 0 Å². The summed E-state index contributed by atoms with van der Waals surface area (Å²) in [7, 11) is 0. The molecular weight excluding hydrogens is 284 g/mol. The molecule has 126 valence electrons. The predicted octanol–water partition coefficient (Wildman–Crippen LogP) is 3.08. The second kappa shape index (κ2) is 8.37. The topological polar surface area (TPSA) is 46.2 Å². The van der Waals surface area contributed by atoms with E-state index in [0.717, 1.165) is 30.7 Å². The Bertz CT molecular complexity index is 598. The molecule has 1 aliphatic heterocycles. The number of aromatic nitrogens is 1. The van der Waals surface area contributed by atoms with Crippen LogP contribution in [0.2, 0.25) is 0 Å². The minimum Gasteiger partial charge on any atom is -0.398 e. The normalized spacial score (nSPS) is 16.2. The highest BCUT2D eigenvalue weighted by Crippen LogP contribution is 2.21. The molecule has 0 atom stereocenters. The van der Waals surface area contributed by atoms with Crippen molar-refractivity contribution in [1.82, 2.24) is 14.8 Å². The Hall–Kier alpha value is -1.52. The molecule has 4 nitrogen and oxygen atoms in total. The zero-order valence-corrected chi connectivity index (χ0v) is 14.1. The first-order valence-electron chi connectivity index (χ1n) is 9.11. The largest absolute Gasteiger partial charge is 0.398 e. The van der Waals surface area contributed by atoms with E-state index >= 15 is 0 Å². The number of nitrogen functional groups attached to an aromatic ring is 1. The van der Waals surface area contributed by atoms with Crippen molar-refractivity contribution in [3.63, 3.8) is 0 Å². The summed E-state index contributed by atoms with van der Waals surface area (Å²) in [6.07, 6.45) is 8.95. The van der Waals surface area contributed by atoms with E-state index in [1.165, 1.54) is 57.3 Å². The molecule has 2 aromatic rings. The lowest BCUT2D eigenvalue weighted by atomic mass is 10.1. The number of anilines is 1. The number of fused-ring (bicyclic) bond motifs is 1. The van der Waals surface area contributed by atoms with Gasteiger partial charge in [-0.25, -0.2) is 0 Å². The number of rotatable bonds is 8. The van der Waals surface area contributed by atoms with Crippen LogP contribution in [-0.2, 0) is 6.54 Å². The summed E-state index contributed by atoms with van der Waals surface area (Å²) in [5.74, 6) is 0. The van der Waals surface area contributed by atoms with E-state index in [9.17, 15) is 0 Å². The first-order valence-corrected chi connectivity index (χ1v) is 9.11. The van der Waals surface area contributed by atoms with Crippen LogP contribution in [0.5, 0.6) is 0 Å². The van der Waals surface area contributed by atoms with Gasteiger partial charge in [0.15, 0.2) is 0 Å². The van der Waals surface area contributed by atoms with Gasteiger partial charge in [-0.2, -0.15) is 0 Å². The van der Waals surface area contributed by atoms with E-state index in [1.807, 2.05) is 12.1 Å². The molecule has 3 rings (SSSR count). The fourth-order valence-electron chi connectivity index (χ4n) is 3.54. The minimum absolute atomic E-state index is 0.868. The zero-order valence-electron chi connectivity index (χ0n) is 14.1. The predicted molar refractivity (Wildman–Crippen MR) is 98.7 cm³/mol. The lowest BCUT2D eigenvalue weighted by Gasteiger charge is -2.26. The van der Waals surface area contributed by atoms with Crippen molar-refractivity contribution in [2.24, 2.45) is 0 Å². The highest BCUT2D eigenvalue weighted by Gasteiger charge is 2.08. The zero-order chi connectivity index (χ0) is 15.9. The molecule has 4 heteroatoms. The van der Waals surface area contributed by atoms with Crippen molar-refractivity contribution in [1.29, 1.82) is 0 Å². The monoisotopic (exact) mass is 314 g/mol. The van der Waals surface area contributed by atoms with Gasteiger partial charge in [0.1, 0.15) is 0 Å². The van der Waals surface area contributed by atoms with Gasteiger partial charge in [-0.05, 0) is 70.1 Å². The van der Waals surface area contributed by atoms with Gasteiger partial charge in [0.25, 0.3) is 0 Å². The van der Waals surface area contributed by atoms with E-state index in [-0.39, 0.29) is 0 Å². The van der Waals surface area contributed by atoms with Gasteiger partial charge in [0.2, 0.25) is 0 Å². The van der Waals surface area contributed by atoms with Crippen LogP contribution < -0.4 is 11.1 Å². The molecule has 1 aromatic heterocycles. The molecule has 0 unspecified atom stereocenters. The fraction of sp³-hybridized carbons (Fsp3) is 0.579. The van der Waals surface area contributed by atoms with Crippen LogP contribution in [0.25, 0.3) is 10.9 Å². The van der Waals surface area contributed by atoms with E-state index in [1.54, 1.807) is 0 Å². The SMILES string of the molecule is Nc1cccc2c1ccn2CCNCCCCN1CCCCC1. The first kappa shape index (κ1) is 16.3. The molecular formula is C19H30N4. The van der Waals surface area contributed by atoms with Crippen molar-refractivity contribution in [2.45, 2.75) is 38.6 Å². The smallest absolute Gasteiger partial charge is 0.0501 e. The molecule has 1 aromatic carbocycles. The Morgan fingerprint density at radius 3 is 2.70 bits per heavy atom. The van der Waals surface area contributed by atoms with Crippen LogP contribution in [-0.4, -0.2) is 42.2 Å². The molecule has 23 heavy (non-hydrogen) atoms. The molecule has 1 saturated heterocycles. The second-order valence-electron chi connectivity index (χ2n) is 6.65. The summed E-state index contributed by atoms with van der Waals surface area (Å²) in [5.41, 5.74) is 8.11. The molecule has 0 aliphatic carbocycles. The van der Waals surface area contributed by atoms with Gasteiger partial charge >= 0.3 is 0 Å². The van der Waals surface area contributed by atoms with Gasteiger partial charge in [0, 0.05) is 30.4 Å². The summed E-state index contributed by atoms with van der Waals surface area (Å²) in [5, 5.41) is 4.73. The van der Waals surface area contributed by atoms with Gasteiger partial charge in [0.05, 0.1) is 5.52 Å².